The molecular formula is C16H12N2O2. The lowest BCUT2D eigenvalue weighted by Crippen LogP contribution is -1.95. The third kappa shape index (κ3) is 3.28. The second kappa shape index (κ2) is 6.26. The fraction of sp³-hybridized carbons (Fsp3) is 0.125. The van der Waals surface area contributed by atoms with Gasteiger partial charge in [-0.1, -0.05) is 18.2 Å². The number of rotatable bonds is 4. The van der Waals surface area contributed by atoms with Crippen LogP contribution in [0.15, 0.2) is 46.4 Å². The van der Waals surface area contributed by atoms with Crippen molar-refractivity contribution in [2.24, 2.45) is 0 Å². The van der Waals surface area contributed by atoms with E-state index in [0.717, 1.165) is 11.3 Å². The van der Waals surface area contributed by atoms with E-state index < -0.39 is 0 Å². The number of aryl methyl sites for hydroxylation is 1. The van der Waals surface area contributed by atoms with Gasteiger partial charge in [-0.3, -0.25) is 0 Å². The van der Waals surface area contributed by atoms with Gasteiger partial charge >= 0.3 is 0 Å². The second-order valence-corrected chi connectivity index (χ2v) is 4.14. The monoisotopic (exact) mass is 264 g/mol. The van der Waals surface area contributed by atoms with Crippen LogP contribution in [0.1, 0.15) is 17.1 Å². The highest BCUT2D eigenvalue weighted by atomic mass is 16.5. The van der Waals surface area contributed by atoms with Crippen LogP contribution in [0.2, 0.25) is 0 Å². The predicted molar refractivity (Wildman–Crippen MR) is 73.4 cm³/mol. The number of nitriles is 2. The van der Waals surface area contributed by atoms with Gasteiger partial charge in [-0.2, -0.15) is 10.5 Å². The van der Waals surface area contributed by atoms with E-state index in [-0.39, 0.29) is 5.57 Å². The van der Waals surface area contributed by atoms with Crippen LogP contribution in [-0.2, 0) is 6.61 Å². The van der Waals surface area contributed by atoms with Crippen molar-refractivity contribution in [2.45, 2.75) is 13.5 Å². The van der Waals surface area contributed by atoms with Gasteiger partial charge in [0.15, 0.2) is 0 Å². The Morgan fingerprint density at radius 3 is 2.65 bits per heavy atom. The van der Waals surface area contributed by atoms with Gasteiger partial charge in [0, 0.05) is 6.08 Å². The molecule has 4 heteroatoms. The molecule has 98 valence electrons. The molecule has 1 heterocycles. The van der Waals surface area contributed by atoms with Crippen LogP contribution in [0.5, 0.6) is 5.75 Å². The van der Waals surface area contributed by atoms with Gasteiger partial charge in [0.1, 0.15) is 41.6 Å². The van der Waals surface area contributed by atoms with E-state index in [9.17, 15) is 0 Å². The Hall–Kier alpha value is -2.98. The minimum Gasteiger partial charge on any atom is -0.485 e. The summed E-state index contributed by atoms with van der Waals surface area (Å²) in [4.78, 5) is 0. The van der Waals surface area contributed by atoms with E-state index in [0.29, 0.717) is 18.1 Å². The number of ether oxygens (including phenoxy) is 1. The van der Waals surface area contributed by atoms with Gasteiger partial charge in [-0.15, -0.1) is 0 Å². The molecule has 0 unspecified atom stereocenters. The lowest BCUT2D eigenvalue weighted by atomic mass is 10.2. The highest BCUT2D eigenvalue weighted by Crippen LogP contribution is 2.19. The lowest BCUT2D eigenvalue weighted by molar-refractivity contribution is 0.268. The maximum Gasteiger partial charge on any atom is 0.146 e. The maximum absolute atomic E-state index is 8.67. The van der Waals surface area contributed by atoms with E-state index in [2.05, 4.69) is 0 Å². The summed E-state index contributed by atoms with van der Waals surface area (Å²) in [5.41, 5.74) is 1.06. The zero-order chi connectivity index (χ0) is 14.4. The van der Waals surface area contributed by atoms with Gasteiger partial charge < -0.3 is 9.15 Å². The molecule has 0 radical (unpaired) electrons. The first kappa shape index (κ1) is 13.5. The molecule has 4 nitrogen and oxygen atoms in total. The van der Waals surface area contributed by atoms with Crippen LogP contribution in [0.4, 0.5) is 0 Å². The molecule has 0 fully saturated rings. The number of benzene rings is 1. The third-order valence-corrected chi connectivity index (χ3v) is 2.67. The summed E-state index contributed by atoms with van der Waals surface area (Å²) in [6, 6.07) is 14.7. The Bertz CT molecular complexity index is 699. The summed E-state index contributed by atoms with van der Waals surface area (Å²) in [6.45, 7) is 2.27. The van der Waals surface area contributed by atoms with Gasteiger partial charge in [0.25, 0.3) is 0 Å². The van der Waals surface area contributed by atoms with Gasteiger partial charge in [0.2, 0.25) is 0 Å². The molecule has 1 aromatic carbocycles. The second-order valence-electron chi connectivity index (χ2n) is 4.14. The normalized spacial score (nSPS) is 9.35. The van der Waals surface area contributed by atoms with Crippen molar-refractivity contribution in [1.82, 2.24) is 0 Å². The molecule has 0 spiro atoms. The van der Waals surface area contributed by atoms with Crippen molar-refractivity contribution in [3.63, 3.8) is 0 Å². The fourth-order valence-corrected chi connectivity index (χ4v) is 1.65. The molecule has 0 atom stereocenters. The molecule has 0 aliphatic heterocycles. The summed E-state index contributed by atoms with van der Waals surface area (Å²) in [7, 11) is 0. The van der Waals surface area contributed by atoms with Crippen molar-refractivity contribution < 1.29 is 9.15 Å². The molecule has 0 saturated carbocycles. The molecule has 2 aromatic rings. The third-order valence-electron chi connectivity index (χ3n) is 2.67. The summed E-state index contributed by atoms with van der Waals surface area (Å²) >= 11 is 0. The molecule has 0 amide bonds. The number of hydrogen-bond donors (Lipinski definition) is 0. The molecular weight excluding hydrogens is 252 g/mol. The molecule has 0 aliphatic rings. The van der Waals surface area contributed by atoms with Crippen LogP contribution in [0.3, 0.4) is 0 Å². The molecule has 0 N–H and O–H groups in total. The molecule has 1 aromatic heterocycles. The Morgan fingerprint density at radius 1 is 1.20 bits per heavy atom. The summed E-state index contributed by atoms with van der Waals surface area (Å²) in [5, 5.41) is 17.3. The number of nitrogens with zero attached hydrogens (tertiary/aromatic N) is 2. The van der Waals surface area contributed by atoms with Crippen LogP contribution in [-0.4, -0.2) is 0 Å². The first-order chi connectivity index (χ1) is 9.72. The van der Waals surface area contributed by atoms with E-state index >= 15 is 0 Å². The SMILES string of the molecule is Cc1ccccc1OCc1ccc(C=C(C#N)C#N)o1. The Kier molecular flexibility index (Phi) is 4.21. The largest absolute Gasteiger partial charge is 0.485 e. The standard InChI is InChI=1S/C16H12N2O2/c1-12-4-2-3-5-16(12)19-11-15-7-6-14(20-15)8-13(9-17)10-18/h2-8H,11H2,1H3. The topological polar surface area (TPSA) is 69.9 Å². The zero-order valence-electron chi connectivity index (χ0n) is 11.0. The van der Waals surface area contributed by atoms with Crippen molar-refractivity contribution in [1.29, 1.82) is 10.5 Å². The van der Waals surface area contributed by atoms with Crippen LogP contribution < -0.4 is 4.74 Å². The number of para-hydroxylation sites is 1. The fourth-order valence-electron chi connectivity index (χ4n) is 1.65. The Labute approximate surface area is 117 Å². The van der Waals surface area contributed by atoms with Crippen molar-refractivity contribution in [2.75, 3.05) is 0 Å². The van der Waals surface area contributed by atoms with Crippen molar-refractivity contribution >= 4 is 6.08 Å². The Morgan fingerprint density at radius 2 is 1.95 bits per heavy atom. The molecule has 0 saturated heterocycles. The molecule has 2 rings (SSSR count). The first-order valence-corrected chi connectivity index (χ1v) is 6.02. The summed E-state index contributed by atoms with van der Waals surface area (Å²) < 4.78 is 11.1. The van der Waals surface area contributed by atoms with Gasteiger partial charge in [-0.05, 0) is 30.7 Å². The van der Waals surface area contributed by atoms with Crippen molar-refractivity contribution in [3.8, 4) is 17.9 Å². The quantitative estimate of drug-likeness (QED) is 0.791. The average Bonchev–Trinajstić information content (AvgIpc) is 2.91. The average molecular weight is 264 g/mol. The number of allylic oxidation sites excluding steroid dienone is 1. The van der Waals surface area contributed by atoms with Crippen LogP contribution >= 0.6 is 0 Å². The van der Waals surface area contributed by atoms with Gasteiger partial charge in [0.05, 0.1) is 0 Å². The smallest absolute Gasteiger partial charge is 0.146 e. The van der Waals surface area contributed by atoms with Crippen LogP contribution in [0.25, 0.3) is 6.08 Å². The van der Waals surface area contributed by atoms with Crippen molar-refractivity contribution in [3.05, 3.63) is 59.1 Å². The summed E-state index contributed by atoms with van der Waals surface area (Å²) in [6.07, 6.45) is 1.40. The lowest BCUT2D eigenvalue weighted by Gasteiger charge is -2.06. The summed E-state index contributed by atoms with van der Waals surface area (Å²) in [5.74, 6) is 1.90. The van der Waals surface area contributed by atoms with Crippen LogP contribution in [0, 0.1) is 29.6 Å². The van der Waals surface area contributed by atoms with E-state index in [1.165, 1.54) is 6.08 Å². The predicted octanol–water partition coefficient (Wildman–Crippen LogP) is 3.60. The highest BCUT2D eigenvalue weighted by molar-refractivity contribution is 5.58. The maximum atomic E-state index is 8.67. The number of furan rings is 1. The first-order valence-electron chi connectivity index (χ1n) is 6.02. The van der Waals surface area contributed by atoms with E-state index in [1.54, 1.807) is 24.3 Å². The molecule has 0 aliphatic carbocycles. The van der Waals surface area contributed by atoms with Gasteiger partial charge in [-0.25, -0.2) is 0 Å². The molecule has 20 heavy (non-hydrogen) atoms. The minimum absolute atomic E-state index is 0.00530. The number of hydrogen-bond acceptors (Lipinski definition) is 4. The van der Waals surface area contributed by atoms with E-state index in [1.807, 2.05) is 31.2 Å². The minimum atomic E-state index is 0.00530. The Balaban J connectivity index is 2.05. The molecule has 0 bridgehead atoms. The highest BCUT2D eigenvalue weighted by Gasteiger charge is 2.04. The van der Waals surface area contributed by atoms with E-state index in [4.69, 9.17) is 19.7 Å². The zero-order valence-corrected chi connectivity index (χ0v) is 11.0.